The third-order valence-electron chi connectivity index (χ3n) is 4.64. The van der Waals surface area contributed by atoms with Crippen LogP contribution in [0.5, 0.6) is 0 Å². The van der Waals surface area contributed by atoms with Gasteiger partial charge in [0.2, 0.25) is 5.91 Å². The van der Waals surface area contributed by atoms with Crippen LogP contribution in [0, 0.1) is 5.92 Å². The molecule has 1 unspecified atom stereocenters. The van der Waals surface area contributed by atoms with Gasteiger partial charge in [0.1, 0.15) is 0 Å². The Morgan fingerprint density at radius 3 is 2.61 bits per heavy atom. The second-order valence-corrected chi connectivity index (χ2v) is 6.42. The van der Waals surface area contributed by atoms with E-state index in [0.29, 0.717) is 18.9 Å². The van der Waals surface area contributed by atoms with Gasteiger partial charge in [0.05, 0.1) is 0 Å². The highest BCUT2D eigenvalue weighted by atomic mass is 16.1. The molecule has 0 radical (unpaired) electrons. The molecule has 1 atom stereocenters. The molecule has 0 saturated heterocycles. The number of fused-ring (bicyclic) bond motifs is 1. The first kappa shape index (κ1) is 15.6. The van der Waals surface area contributed by atoms with Crippen LogP contribution in [-0.2, 0) is 24.1 Å². The maximum absolute atomic E-state index is 12.1. The van der Waals surface area contributed by atoms with E-state index in [1.807, 2.05) is 24.3 Å². The van der Waals surface area contributed by atoms with Crippen molar-refractivity contribution in [2.45, 2.75) is 32.1 Å². The molecule has 0 spiro atoms. The van der Waals surface area contributed by atoms with Gasteiger partial charge in [0.25, 0.3) is 0 Å². The van der Waals surface area contributed by atoms with E-state index in [1.165, 1.54) is 16.7 Å². The Labute approximate surface area is 137 Å². The first-order valence-electron chi connectivity index (χ1n) is 8.38. The van der Waals surface area contributed by atoms with E-state index in [0.717, 1.165) is 31.4 Å². The highest BCUT2D eigenvalue weighted by Crippen LogP contribution is 2.27. The van der Waals surface area contributed by atoms with Crippen LogP contribution in [0.15, 0.2) is 48.5 Å². The molecule has 3 N–H and O–H groups in total. The molecule has 0 aliphatic heterocycles. The van der Waals surface area contributed by atoms with Crippen molar-refractivity contribution in [2.75, 3.05) is 12.3 Å². The average Bonchev–Trinajstić information content (AvgIpc) is 2.56. The molecule has 2 aromatic carbocycles. The molecule has 0 saturated carbocycles. The fraction of sp³-hybridized carbons (Fsp3) is 0.350. The number of aryl methyl sites for hydroxylation is 1. The summed E-state index contributed by atoms with van der Waals surface area (Å²) in [6, 6.07) is 16.4. The van der Waals surface area contributed by atoms with E-state index in [-0.39, 0.29) is 5.91 Å². The normalized spacial score (nSPS) is 16.6. The number of anilines is 1. The number of nitrogens with two attached hydrogens (primary N) is 1. The van der Waals surface area contributed by atoms with E-state index < -0.39 is 0 Å². The van der Waals surface area contributed by atoms with Crippen LogP contribution in [0.25, 0.3) is 0 Å². The second-order valence-electron chi connectivity index (χ2n) is 6.42. The van der Waals surface area contributed by atoms with Crippen molar-refractivity contribution in [3.63, 3.8) is 0 Å². The predicted octanol–water partition coefficient (Wildman–Crippen LogP) is 3.12. The standard InChI is InChI=1S/C20H24N2O/c21-19-9-6-15(7-10-19)11-12-22-20(23)14-16-5-8-17-3-1-2-4-18(17)13-16/h1-4,6-7,9-10,16H,5,8,11-14,21H2,(H,22,23). The van der Waals surface area contributed by atoms with Crippen molar-refractivity contribution in [1.29, 1.82) is 0 Å². The number of nitrogen functional groups attached to an aromatic ring is 1. The molecule has 1 aliphatic rings. The molecule has 0 aromatic heterocycles. The molecule has 3 nitrogen and oxygen atoms in total. The van der Waals surface area contributed by atoms with E-state index in [2.05, 4.69) is 29.6 Å². The highest BCUT2D eigenvalue weighted by Gasteiger charge is 2.20. The fourth-order valence-electron chi connectivity index (χ4n) is 3.31. The number of benzene rings is 2. The third-order valence-corrected chi connectivity index (χ3v) is 4.64. The Bertz CT molecular complexity index is 664. The lowest BCUT2D eigenvalue weighted by molar-refractivity contribution is -0.122. The summed E-state index contributed by atoms with van der Waals surface area (Å²) in [7, 11) is 0. The summed E-state index contributed by atoms with van der Waals surface area (Å²) in [5.74, 6) is 0.645. The summed E-state index contributed by atoms with van der Waals surface area (Å²) in [5.41, 5.74) is 10.5. The molecule has 0 bridgehead atoms. The summed E-state index contributed by atoms with van der Waals surface area (Å²) < 4.78 is 0. The minimum Gasteiger partial charge on any atom is -0.399 e. The zero-order valence-electron chi connectivity index (χ0n) is 13.4. The highest BCUT2D eigenvalue weighted by molar-refractivity contribution is 5.76. The Balaban J connectivity index is 1.42. The largest absolute Gasteiger partial charge is 0.399 e. The lowest BCUT2D eigenvalue weighted by Crippen LogP contribution is -2.29. The minimum absolute atomic E-state index is 0.171. The SMILES string of the molecule is Nc1ccc(CCNC(=O)CC2CCc3ccccc3C2)cc1. The van der Waals surface area contributed by atoms with E-state index in [1.54, 1.807) is 0 Å². The molecule has 0 fully saturated rings. The zero-order chi connectivity index (χ0) is 16.1. The van der Waals surface area contributed by atoms with Crippen molar-refractivity contribution in [2.24, 2.45) is 5.92 Å². The first-order chi connectivity index (χ1) is 11.2. The van der Waals surface area contributed by atoms with Gasteiger partial charge in [0, 0.05) is 18.7 Å². The third kappa shape index (κ3) is 4.35. The topological polar surface area (TPSA) is 55.1 Å². The number of hydrogen-bond donors (Lipinski definition) is 2. The number of carbonyl (C=O) groups excluding carboxylic acids is 1. The molecular formula is C20H24N2O. The molecule has 3 rings (SSSR count). The summed E-state index contributed by atoms with van der Waals surface area (Å²) in [6.45, 7) is 0.687. The van der Waals surface area contributed by atoms with Crippen LogP contribution in [0.1, 0.15) is 29.5 Å². The lowest BCUT2D eigenvalue weighted by Gasteiger charge is -2.24. The second kappa shape index (κ2) is 7.32. The van der Waals surface area contributed by atoms with E-state index in [9.17, 15) is 4.79 Å². The van der Waals surface area contributed by atoms with Gasteiger partial charge in [-0.25, -0.2) is 0 Å². The molecule has 120 valence electrons. The smallest absolute Gasteiger partial charge is 0.220 e. The van der Waals surface area contributed by atoms with Gasteiger partial charge in [-0.05, 0) is 60.4 Å². The van der Waals surface area contributed by atoms with Crippen molar-refractivity contribution in [1.82, 2.24) is 5.32 Å². The van der Waals surface area contributed by atoms with E-state index >= 15 is 0 Å². The minimum atomic E-state index is 0.171. The maximum Gasteiger partial charge on any atom is 0.220 e. The first-order valence-corrected chi connectivity index (χ1v) is 8.38. The van der Waals surface area contributed by atoms with Crippen molar-refractivity contribution < 1.29 is 4.79 Å². The van der Waals surface area contributed by atoms with Crippen LogP contribution in [0.3, 0.4) is 0 Å². The zero-order valence-corrected chi connectivity index (χ0v) is 13.4. The van der Waals surface area contributed by atoms with Crippen molar-refractivity contribution >= 4 is 11.6 Å². The predicted molar refractivity (Wildman–Crippen MR) is 94.1 cm³/mol. The maximum atomic E-state index is 12.1. The number of hydrogen-bond acceptors (Lipinski definition) is 2. The number of rotatable bonds is 5. The Hall–Kier alpha value is -2.29. The van der Waals surface area contributed by atoms with Crippen LogP contribution in [0.2, 0.25) is 0 Å². The average molecular weight is 308 g/mol. The van der Waals surface area contributed by atoms with Gasteiger partial charge in [-0.1, -0.05) is 36.4 Å². The van der Waals surface area contributed by atoms with Gasteiger partial charge in [-0.2, -0.15) is 0 Å². The van der Waals surface area contributed by atoms with Crippen molar-refractivity contribution in [3.8, 4) is 0 Å². The van der Waals surface area contributed by atoms with Gasteiger partial charge in [-0.3, -0.25) is 4.79 Å². The quantitative estimate of drug-likeness (QED) is 0.834. The van der Waals surface area contributed by atoms with Crippen LogP contribution >= 0.6 is 0 Å². The lowest BCUT2D eigenvalue weighted by atomic mass is 9.82. The molecule has 3 heteroatoms. The van der Waals surface area contributed by atoms with Gasteiger partial charge >= 0.3 is 0 Å². The van der Waals surface area contributed by atoms with Crippen LogP contribution in [-0.4, -0.2) is 12.5 Å². The number of amides is 1. The fourth-order valence-corrected chi connectivity index (χ4v) is 3.31. The van der Waals surface area contributed by atoms with Crippen molar-refractivity contribution in [3.05, 3.63) is 65.2 Å². The summed E-state index contributed by atoms with van der Waals surface area (Å²) >= 11 is 0. The van der Waals surface area contributed by atoms with Gasteiger partial charge in [-0.15, -0.1) is 0 Å². The van der Waals surface area contributed by atoms with Gasteiger partial charge in [0.15, 0.2) is 0 Å². The van der Waals surface area contributed by atoms with Gasteiger partial charge < -0.3 is 11.1 Å². The number of carbonyl (C=O) groups is 1. The van der Waals surface area contributed by atoms with E-state index in [4.69, 9.17) is 5.73 Å². The molecule has 23 heavy (non-hydrogen) atoms. The summed E-state index contributed by atoms with van der Waals surface area (Å²) in [6.07, 6.45) is 4.72. The summed E-state index contributed by atoms with van der Waals surface area (Å²) in [4.78, 5) is 12.1. The monoisotopic (exact) mass is 308 g/mol. The molecule has 2 aromatic rings. The van der Waals surface area contributed by atoms with Crippen LogP contribution in [0.4, 0.5) is 5.69 Å². The van der Waals surface area contributed by atoms with Crippen LogP contribution < -0.4 is 11.1 Å². The number of nitrogens with one attached hydrogen (secondary N) is 1. The molecule has 1 amide bonds. The Morgan fingerprint density at radius 1 is 1.09 bits per heavy atom. The Kier molecular flexibility index (Phi) is 4.96. The summed E-state index contributed by atoms with van der Waals surface area (Å²) in [5, 5.41) is 3.05. The molecule has 0 heterocycles. The molecule has 1 aliphatic carbocycles. The molecular weight excluding hydrogens is 284 g/mol. The Morgan fingerprint density at radius 2 is 1.83 bits per heavy atom.